The summed E-state index contributed by atoms with van der Waals surface area (Å²) in [7, 11) is 3.93. The zero-order chi connectivity index (χ0) is 23.5. The van der Waals surface area contributed by atoms with E-state index in [2.05, 4.69) is 15.9 Å². The molecule has 3 aromatic rings. The molecule has 1 fully saturated rings. The highest BCUT2D eigenvalue weighted by atomic mass is 79.9. The molecule has 1 aliphatic heterocycles. The van der Waals surface area contributed by atoms with Crippen LogP contribution in [0.25, 0.3) is 6.08 Å². The average molecular weight is 543 g/mol. The van der Waals surface area contributed by atoms with Gasteiger partial charge in [-0.3, -0.25) is 9.69 Å². The highest BCUT2D eigenvalue weighted by Crippen LogP contribution is 2.38. The van der Waals surface area contributed by atoms with Crippen LogP contribution in [0.15, 0.2) is 76.1 Å². The number of halogens is 2. The van der Waals surface area contributed by atoms with Gasteiger partial charge < -0.3 is 9.64 Å². The molecule has 168 valence electrons. The zero-order valence-electron chi connectivity index (χ0n) is 17.9. The van der Waals surface area contributed by atoms with E-state index in [1.807, 2.05) is 61.5 Å². The summed E-state index contributed by atoms with van der Waals surface area (Å²) in [6.45, 7) is 0.280. The minimum absolute atomic E-state index is 0.174. The van der Waals surface area contributed by atoms with E-state index in [4.69, 9.17) is 17.0 Å². The highest BCUT2D eigenvalue weighted by Gasteiger charge is 2.33. The van der Waals surface area contributed by atoms with Crippen LogP contribution in [0, 0.1) is 5.82 Å². The number of hydrogen-bond donors (Lipinski definition) is 0. The number of carbonyl (C=O) groups excluding carboxylic acids is 1. The second-order valence-electron chi connectivity index (χ2n) is 7.53. The first-order valence-corrected chi connectivity index (χ1v) is 12.1. The Kier molecular flexibility index (Phi) is 7.17. The molecule has 0 spiro atoms. The van der Waals surface area contributed by atoms with Crippen LogP contribution < -0.4 is 14.5 Å². The van der Waals surface area contributed by atoms with Crippen molar-refractivity contribution in [2.45, 2.75) is 6.61 Å². The molecule has 0 N–H and O–H groups in total. The molecule has 4 nitrogen and oxygen atoms in total. The largest absolute Gasteiger partial charge is 0.488 e. The van der Waals surface area contributed by atoms with E-state index in [0.717, 1.165) is 27.0 Å². The predicted molar refractivity (Wildman–Crippen MR) is 141 cm³/mol. The topological polar surface area (TPSA) is 32.8 Å². The summed E-state index contributed by atoms with van der Waals surface area (Å²) in [6, 6.07) is 19.4. The molecule has 3 aromatic carbocycles. The zero-order valence-corrected chi connectivity index (χ0v) is 21.1. The van der Waals surface area contributed by atoms with Crippen molar-refractivity contribution in [3.63, 3.8) is 0 Å². The molecule has 8 heteroatoms. The van der Waals surface area contributed by atoms with Gasteiger partial charge in [0, 0.05) is 29.8 Å². The molecule has 1 amide bonds. The molecule has 1 aliphatic rings. The van der Waals surface area contributed by atoms with Crippen LogP contribution in [0.5, 0.6) is 5.75 Å². The van der Waals surface area contributed by atoms with Gasteiger partial charge in [-0.2, -0.15) is 0 Å². The van der Waals surface area contributed by atoms with Gasteiger partial charge in [-0.25, -0.2) is 4.39 Å². The first kappa shape index (κ1) is 23.5. The van der Waals surface area contributed by atoms with E-state index in [0.29, 0.717) is 15.0 Å². The van der Waals surface area contributed by atoms with Gasteiger partial charge in [-0.1, -0.05) is 52.0 Å². The third-order valence-electron chi connectivity index (χ3n) is 4.98. The van der Waals surface area contributed by atoms with Crippen molar-refractivity contribution in [3.05, 3.63) is 93.1 Å². The van der Waals surface area contributed by atoms with E-state index >= 15 is 0 Å². The number of hydrogen-bond acceptors (Lipinski definition) is 5. The Labute approximate surface area is 210 Å². The van der Waals surface area contributed by atoms with Crippen molar-refractivity contribution in [1.82, 2.24) is 0 Å². The number of thiocarbonyl (C=S) groups is 1. The van der Waals surface area contributed by atoms with Gasteiger partial charge in [-0.15, -0.1) is 0 Å². The fourth-order valence-electron chi connectivity index (χ4n) is 3.24. The van der Waals surface area contributed by atoms with E-state index in [9.17, 15) is 9.18 Å². The van der Waals surface area contributed by atoms with Crippen LogP contribution in [-0.2, 0) is 11.4 Å². The third kappa shape index (κ3) is 5.46. The number of carbonyl (C=O) groups is 1. The maximum Gasteiger partial charge on any atom is 0.270 e. The van der Waals surface area contributed by atoms with Crippen LogP contribution in [0.3, 0.4) is 0 Å². The molecule has 0 unspecified atom stereocenters. The normalized spacial score (nSPS) is 14.8. The van der Waals surface area contributed by atoms with Gasteiger partial charge in [0.15, 0.2) is 4.32 Å². The van der Waals surface area contributed by atoms with E-state index in [-0.39, 0.29) is 18.3 Å². The molecular weight excluding hydrogens is 523 g/mol. The Morgan fingerprint density at radius 2 is 1.79 bits per heavy atom. The van der Waals surface area contributed by atoms with Gasteiger partial charge in [0.05, 0.1) is 10.6 Å². The predicted octanol–water partition coefficient (Wildman–Crippen LogP) is 6.64. The van der Waals surface area contributed by atoms with Crippen molar-refractivity contribution < 1.29 is 13.9 Å². The number of anilines is 2. The Morgan fingerprint density at radius 3 is 2.45 bits per heavy atom. The number of thioether (sulfide) groups is 1. The lowest BCUT2D eigenvalue weighted by atomic mass is 10.1. The van der Waals surface area contributed by atoms with Gasteiger partial charge in [0.25, 0.3) is 5.91 Å². The van der Waals surface area contributed by atoms with Gasteiger partial charge >= 0.3 is 0 Å². The number of rotatable bonds is 6. The fourth-order valence-corrected chi connectivity index (χ4v) is 4.91. The maximum absolute atomic E-state index is 13.2. The highest BCUT2D eigenvalue weighted by molar-refractivity contribution is 9.10. The lowest BCUT2D eigenvalue weighted by Crippen LogP contribution is -2.27. The molecular formula is C25H20BrFN2O2S2. The lowest BCUT2D eigenvalue weighted by Gasteiger charge is -2.17. The van der Waals surface area contributed by atoms with E-state index < -0.39 is 0 Å². The molecule has 0 saturated carbocycles. The van der Waals surface area contributed by atoms with Crippen LogP contribution >= 0.6 is 39.9 Å². The maximum atomic E-state index is 13.2. The summed E-state index contributed by atoms with van der Waals surface area (Å²) in [5, 5.41) is 0. The Hall–Kier alpha value is -2.68. The third-order valence-corrected chi connectivity index (χ3v) is 6.78. The summed E-state index contributed by atoms with van der Waals surface area (Å²) >= 11 is 10.3. The molecule has 4 rings (SSSR count). The number of nitrogens with zero attached hydrogens (tertiary/aromatic N) is 2. The summed E-state index contributed by atoms with van der Waals surface area (Å²) in [5.74, 6) is 0.150. The number of ether oxygens (including phenoxy) is 1. The van der Waals surface area contributed by atoms with E-state index in [1.165, 1.54) is 23.9 Å². The van der Waals surface area contributed by atoms with Crippen molar-refractivity contribution in [1.29, 1.82) is 0 Å². The van der Waals surface area contributed by atoms with Crippen LogP contribution in [0.4, 0.5) is 15.8 Å². The molecule has 0 aliphatic carbocycles. The van der Waals surface area contributed by atoms with Crippen molar-refractivity contribution in [2.24, 2.45) is 0 Å². The summed E-state index contributed by atoms with van der Waals surface area (Å²) < 4.78 is 20.5. The van der Waals surface area contributed by atoms with Crippen LogP contribution in [-0.4, -0.2) is 24.3 Å². The quantitative estimate of drug-likeness (QED) is 0.257. The summed E-state index contributed by atoms with van der Waals surface area (Å²) in [4.78, 5) is 17.3. The first-order chi connectivity index (χ1) is 15.8. The molecule has 0 aromatic heterocycles. The van der Waals surface area contributed by atoms with Gasteiger partial charge in [-0.05, 0) is 66.2 Å². The van der Waals surface area contributed by atoms with Crippen molar-refractivity contribution in [3.8, 4) is 5.75 Å². The standard InChI is InChI=1S/C25H20BrFN2O2S2/c1-28(2)20-8-10-21(11-9-20)29-24(30)23(33-25(29)32)14-17-13-18(26)5-12-22(17)31-15-16-3-6-19(27)7-4-16/h3-14H,15H2,1-2H3/b23-14-. The Morgan fingerprint density at radius 1 is 1.09 bits per heavy atom. The molecule has 0 bridgehead atoms. The first-order valence-electron chi connectivity index (χ1n) is 10.0. The minimum atomic E-state index is -0.290. The summed E-state index contributed by atoms with van der Waals surface area (Å²) in [6.07, 6.45) is 1.79. The smallest absolute Gasteiger partial charge is 0.270 e. The Balaban J connectivity index is 1.58. The Bertz CT molecular complexity index is 1230. The minimum Gasteiger partial charge on any atom is -0.488 e. The van der Waals surface area contributed by atoms with Gasteiger partial charge in [0.2, 0.25) is 0 Å². The van der Waals surface area contributed by atoms with Crippen molar-refractivity contribution >= 4 is 67.6 Å². The second-order valence-corrected chi connectivity index (χ2v) is 10.1. The molecule has 0 radical (unpaired) electrons. The monoisotopic (exact) mass is 542 g/mol. The molecule has 1 heterocycles. The SMILES string of the molecule is CN(C)c1ccc(N2C(=O)/C(=C/c3cc(Br)ccc3OCc3ccc(F)cc3)SC2=S)cc1. The lowest BCUT2D eigenvalue weighted by molar-refractivity contribution is -0.113. The fraction of sp³-hybridized carbons (Fsp3) is 0.120. The van der Waals surface area contributed by atoms with Crippen LogP contribution in [0.1, 0.15) is 11.1 Å². The molecule has 33 heavy (non-hydrogen) atoms. The molecule has 0 atom stereocenters. The van der Waals surface area contributed by atoms with Crippen molar-refractivity contribution in [2.75, 3.05) is 23.9 Å². The number of benzene rings is 3. The molecule has 1 saturated heterocycles. The average Bonchev–Trinajstić information content (AvgIpc) is 3.07. The van der Waals surface area contributed by atoms with E-state index in [1.54, 1.807) is 23.1 Å². The van der Waals surface area contributed by atoms with Gasteiger partial charge in [0.1, 0.15) is 18.2 Å². The van der Waals surface area contributed by atoms with Crippen LogP contribution in [0.2, 0.25) is 0 Å². The second kappa shape index (κ2) is 10.1. The summed E-state index contributed by atoms with van der Waals surface area (Å²) in [5.41, 5.74) is 3.36. The number of amides is 1.